The molecule has 1 aliphatic heterocycles. The number of carbonyl (C=O) groups is 1. The number of rotatable bonds is 6. The topological polar surface area (TPSA) is 38.8 Å². The monoisotopic (exact) mass is 378 g/mol. The van der Waals surface area contributed by atoms with Gasteiger partial charge in [0.1, 0.15) is 0 Å². The van der Waals surface area contributed by atoms with Crippen LogP contribution in [-0.2, 0) is 20.5 Å². The van der Waals surface area contributed by atoms with Crippen molar-refractivity contribution in [2.45, 2.75) is 64.9 Å². The van der Waals surface area contributed by atoms with Gasteiger partial charge in [0.15, 0.2) is 0 Å². The quantitative estimate of drug-likeness (QED) is 0.549. The Morgan fingerprint density at radius 1 is 1.23 bits per heavy atom. The van der Waals surface area contributed by atoms with E-state index in [4.69, 9.17) is 9.16 Å². The van der Waals surface area contributed by atoms with E-state index in [0.29, 0.717) is 13.2 Å². The van der Waals surface area contributed by atoms with Crippen LogP contribution in [0.4, 0.5) is 0 Å². The molecule has 0 radical (unpaired) electrons. The molecule has 1 aliphatic rings. The Morgan fingerprint density at radius 2 is 1.88 bits per heavy atom. The first kappa shape index (κ1) is 21.1. The summed E-state index contributed by atoms with van der Waals surface area (Å²) in [5.74, 6) is -0.312. The van der Waals surface area contributed by atoms with Crippen LogP contribution in [0.15, 0.2) is 30.3 Å². The van der Waals surface area contributed by atoms with Crippen LogP contribution in [0.25, 0.3) is 0 Å². The van der Waals surface area contributed by atoms with E-state index in [2.05, 4.69) is 63.0 Å². The molecule has 148 valence electrons. The summed E-state index contributed by atoms with van der Waals surface area (Å²) >= 11 is 0. The molecule has 0 aromatic heterocycles. The van der Waals surface area contributed by atoms with Crippen molar-refractivity contribution in [2.75, 3.05) is 19.7 Å². The van der Waals surface area contributed by atoms with Crippen LogP contribution in [0.1, 0.15) is 39.7 Å². The fourth-order valence-corrected chi connectivity index (χ4v) is 4.87. The normalized spacial score (nSPS) is 22.8. The van der Waals surface area contributed by atoms with E-state index in [-0.39, 0.29) is 23.0 Å². The number of benzene rings is 1. The van der Waals surface area contributed by atoms with Crippen molar-refractivity contribution < 1.29 is 14.0 Å². The first-order chi connectivity index (χ1) is 12.1. The van der Waals surface area contributed by atoms with Gasteiger partial charge in [-0.3, -0.25) is 0 Å². The van der Waals surface area contributed by atoms with Crippen molar-refractivity contribution in [1.29, 1.82) is 0 Å². The van der Waals surface area contributed by atoms with E-state index >= 15 is 0 Å². The molecule has 2 rings (SSSR count). The zero-order chi connectivity index (χ0) is 19.4. The third kappa shape index (κ3) is 5.41. The number of piperidine rings is 1. The van der Waals surface area contributed by atoms with Crippen molar-refractivity contribution >= 4 is 14.3 Å². The summed E-state index contributed by atoms with van der Waals surface area (Å²) in [6.07, 6.45) is 0.857. The van der Waals surface area contributed by atoms with Gasteiger partial charge in [0.25, 0.3) is 0 Å². The Balaban J connectivity index is 2.10. The first-order valence-corrected chi connectivity index (χ1v) is 13.3. The number of nitrogens with zero attached hydrogens (tertiary/aromatic N) is 1. The van der Waals surface area contributed by atoms with Gasteiger partial charge >= 0.3 is 160 Å². The van der Waals surface area contributed by atoms with E-state index in [1.54, 1.807) is 0 Å². The van der Waals surface area contributed by atoms with E-state index in [0.717, 1.165) is 19.5 Å². The van der Waals surface area contributed by atoms with Gasteiger partial charge in [-0.25, -0.2) is 0 Å². The third-order valence-corrected chi connectivity index (χ3v) is 11.3. The minimum atomic E-state index is -2.25. The van der Waals surface area contributed by atoms with Crippen molar-refractivity contribution in [3.63, 3.8) is 0 Å². The maximum atomic E-state index is 12.6. The predicted octanol–water partition coefficient (Wildman–Crippen LogP) is 4.19. The Kier molecular flexibility index (Phi) is 7.05. The average molecular weight is 379 g/mol. The average Bonchev–Trinajstić information content (AvgIpc) is 2.56. The Hall–Kier alpha value is -1.17. The predicted molar refractivity (Wildman–Crippen MR) is 110 cm³/mol. The van der Waals surface area contributed by atoms with E-state index in [1.807, 2.05) is 13.0 Å². The van der Waals surface area contributed by atoms with E-state index in [1.165, 1.54) is 5.56 Å². The zero-order valence-electron chi connectivity index (χ0n) is 17.3. The number of ether oxygens (including phenoxy) is 1. The number of esters is 1. The Labute approximate surface area is 160 Å². The Bertz CT molecular complexity index is 583. The molecule has 0 aliphatic carbocycles. The second kappa shape index (κ2) is 8.68. The molecule has 26 heavy (non-hydrogen) atoms. The summed E-state index contributed by atoms with van der Waals surface area (Å²) in [5, 5.41) is 0.160. The van der Waals surface area contributed by atoms with Crippen LogP contribution < -0.4 is 0 Å². The second-order valence-electron chi connectivity index (χ2n) is 9.15. The van der Waals surface area contributed by atoms with Crippen molar-refractivity contribution in [3.05, 3.63) is 35.9 Å². The molecule has 0 unspecified atom stereocenters. The van der Waals surface area contributed by atoms with Gasteiger partial charge in [0.05, 0.1) is 0 Å². The number of hydrogen-bond acceptors (Lipinski definition) is 4. The SMILES string of the molecule is CCOC(=O)[C@H]1CN(Cc2ccccc2)CC[C@@H]1O[SiH-](C)(C)C(C)(C)C. The molecule has 0 saturated carbocycles. The van der Waals surface area contributed by atoms with Crippen LogP contribution in [-0.4, -0.2) is 45.0 Å². The molecule has 0 N–H and O–H groups in total. The molecule has 1 heterocycles. The summed E-state index contributed by atoms with van der Waals surface area (Å²) in [6, 6.07) is 10.4. The Morgan fingerprint density at radius 3 is 2.46 bits per heavy atom. The molecule has 0 spiro atoms. The molecular weight excluding hydrogens is 342 g/mol. The molecule has 1 aromatic rings. The van der Waals surface area contributed by atoms with E-state index < -0.39 is 8.32 Å². The van der Waals surface area contributed by atoms with Crippen molar-refractivity contribution in [1.82, 2.24) is 4.90 Å². The third-order valence-electron chi connectivity index (χ3n) is 6.07. The second-order valence-corrected chi connectivity index (χ2v) is 14.6. The van der Waals surface area contributed by atoms with Gasteiger partial charge in [0.2, 0.25) is 0 Å². The molecule has 2 atom stereocenters. The molecule has 0 bridgehead atoms. The summed E-state index contributed by atoms with van der Waals surface area (Å²) < 4.78 is 12.0. The van der Waals surface area contributed by atoms with Gasteiger partial charge in [-0.2, -0.15) is 0 Å². The molecule has 0 amide bonds. The molecule has 1 fully saturated rings. The van der Waals surface area contributed by atoms with Gasteiger partial charge in [-0.05, 0) is 0 Å². The zero-order valence-corrected chi connectivity index (χ0v) is 18.5. The summed E-state index contributed by atoms with van der Waals surface area (Å²) in [5.41, 5.74) is 1.28. The maximum absolute atomic E-state index is 12.6. The van der Waals surface area contributed by atoms with Crippen LogP contribution >= 0.6 is 0 Å². The first-order valence-electron chi connectivity index (χ1n) is 9.97. The molecular formula is C21H36NO3Si-. The standard InChI is InChI=1S/C21H36NO3Si/c1-7-24-20(23)18-16-22(15-17-11-9-8-10-12-17)14-13-19(18)25-26(5,6)21(2,3)4/h8-12,18-19,26H,7,13-16H2,1-6H3/q-1/t18-,19-/m0/s1. The van der Waals surface area contributed by atoms with Gasteiger partial charge in [0, 0.05) is 0 Å². The van der Waals surface area contributed by atoms with Crippen LogP contribution in [0.2, 0.25) is 18.1 Å². The van der Waals surface area contributed by atoms with Gasteiger partial charge in [-0.1, -0.05) is 0 Å². The van der Waals surface area contributed by atoms with E-state index in [9.17, 15) is 4.79 Å². The summed E-state index contributed by atoms with van der Waals surface area (Å²) in [7, 11) is -2.25. The van der Waals surface area contributed by atoms with Gasteiger partial charge < -0.3 is 0 Å². The summed E-state index contributed by atoms with van der Waals surface area (Å²) in [4.78, 5) is 15.0. The van der Waals surface area contributed by atoms with Crippen LogP contribution in [0.3, 0.4) is 0 Å². The fourth-order valence-electron chi connectivity index (χ4n) is 3.26. The minimum absolute atomic E-state index is 0.0275. The molecule has 1 aromatic carbocycles. The van der Waals surface area contributed by atoms with Crippen LogP contribution in [0, 0.1) is 5.92 Å². The van der Waals surface area contributed by atoms with Gasteiger partial charge in [-0.15, -0.1) is 0 Å². The van der Waals surface area contributed by atoms with Crippen LogP contribution in [0.5, 0.6) is 0 Å². The van der Waals surface area contributed by atoms with Crippen molar-refractivity contribution in [3.8, 4) is 0 Å². The molecule has 1 saturated heterocycles. The fraction of sp³-hybridized carbons (Fsp3) is 0.667. The van der Waals surface area contributed by atoms with Crippen molar-refractivity contribution in [2.24, 2.45) is 5.92 Å². The number of likely N-dealkylation sites (tertiary alicyclic amines) is 1. The summed E-state index contributed by atoms with van der Waals surface area (Å²) in [6.45, 7) is 16.1. The number of carbonyl (C=O) groups excluding carboxylic acids is 1. The number of hydrogen-bond donors (Lipinski definition) is 0. The molecule has 5 heteroatoms. The molecule has 4 nitrogen and oxygen atoms in total.